The summed E-state index contributed by atoms with van der Waals surface area (Å²) >= 11 is 1.81. The zero-order valence-corrected chi connectivity index (χ0v) is 14.0. The first-order valence-corrected chi connectivity index (χ1v) is 10.1. The molecule has 1 aliphatic heterocycles. The third-order valence-corrected chi connectivity index (χ3v) is 6.40. The van der Waals surface area contributed by atoms with Crippen LogP contribution in [-0.4, -0.2) is 68.7 Å². The van der Waals surface area contributed by atoms with Gasteiger partial charge in [-0.05, 0) is 12.8 Å². The zero-order chi connectivity index (χ0) is 15.1. The largest absolute Gasteiger partial charge is 0.355 e. The highest BCUT2D eigenvalue weighted by Crippen LogP contribution is 2.13. The molecule has 0 unspecified atom stereocenters. The molecule has 2 N–H and O–H groups in total. The second-order valence-electron chi connectivity index (χ2n) is 5.11. The van der Waals surface area contributed by atoms with Gasteiger partial charge in [0.2, 0.25) is 10.0 Å². The van der Waals surface area contributed by atoms with Gasteiger partial charge in [0.15, 0.2) is 5.96 Å². The first-order valence-electron chi connectivity index (χ1n) is 7.29. The molecule has 0 radical (unpaired) electrons. The van der Waals surface area contributed by atoms with E-state index in [0.717, 1.165) is 24.3 Å². The van der Waals surface area contributed by atoms with Gasteiger partial charge in [-0.25, -0.2) is 12.7 Å². The summed E-state index contributed by atoms with van der Waals surface area (Å²) in [4.78, 5) is 4.14. The molecule has 0 spiro atoms. The standard InChI is InChI=1S/C13H24N4O2S2/c1-14-13(16-12-4-2-3-5-12)15-6-11-21(18,19)17-7-9-20-10-8-17/h2-3,12H,4-11H2,1H3,(H2,14,15,16). The van der Waals surface area contributed by atoms with Crippen LogP contribution in [0.5, 0.6) is 0 Å². The van der Waals surface area contributed by atoms with E-state index >= 15 is 0 Å². The minimum atomic E-state index is -3.15. The Morgan fingerprint density at radius 2 is 2.00 bits per heavy atom. The predicted molar refractivity (Wildman–Crippen MR) is 89.3 cm³/mol. The molecular weight excluding hydrogens is 308 g/mol. The van der Waals surface area contributed by atoms with Crippen LogP contribution in [0, 0.1) is 0 Å². The molecular formula is C13H24N4O2S2. The predicted octanol–water partition coefficient (Wildman–Crippen LogP) is 0.249. The molecule has 21 heavy (non-hydrogen) atoms. The maximum atomic E-state index is 12.2. The van der Waals surface area contributed by atoms with E-state index in [1.54, 1.807) is 11.4 Å². The molecule has 1 fully saturated rings. The Bertz CT molecular complexity index is 476. The Kier molecular flexibility index (Phi) is 6.38. The maximum absolute atomic E-state index is 12.2. The van der Waals surface area contributed by atoms with E-state index in [0.29, 0.717) is 31.6 Å². The van der Waals surface area contributed by atoms with Crippen molar-refractivity contribution in [2.24, 2.45) is 4.99 Å². The van der Waals surface area contributed by atoms with Crippen LogP contribution < -0.4 is 10.6 Å². The van der Waals surface area contributed by atoms with Crippen molar-refractivity contribution in [2.75, 3.05) is 43.9 Å². The lowest BCUT2D eigenvalue weighted by molar-refractivity contribution is 0.443. The van der Waals surface area contributed by atoms with Gasteiger partial charge in [0.05, 0.1) is 5.75 Å². The molecule has 0 aromatic rings. The minimum Gasteiger partial charge on any atom is -0.355 e. The van der Waals surface area contributed by atoms with Crippen LogP contribution in [-0.2, 0) is 10.0 Å². The Labute approximate surface area is 131 Å². The van der Waals surface area contributed by atoms with Crippen LogP contribution in [0.2, 0.25) is 0 Å². The van der Waals surface area contributed by atoms with Gasteiger partial charge in [-0.15, -0.1) is 0 Å². The van der Waals surface area contributed by atoms with E-state index < -0.39 is 10.0 Å². The van der Waals surface area contributed by atoms with Crippen LogP contribution in [0.3, 0.4) is 0 Å². The van der Waals surface area contributed by atoms with Gasteiger partial charge >= 0.3 is 0 Å². The molecule has 2 rings (SSSR count). The molecule has 8 heteroatoms. The third kappa shape index (κ3) is 5.19. The van der Waals surface area contributed by atoms with E-state index in [4.69, 9.17) is 0 Å². The second kappa shape index (κ2) is 8.05. The topological polar surface area (TPSA) is 73.8 Å². The number of nitrogens with one attached hydrogen (secondary N) is 2. The van der Waals surface area contributed by atoms with E-state index in [9.17, 15) is 8.42 Å². The fourth-order valence-electron chi connectivity index (χ4n) is 2.38. The van der Waals surface area contributed by atoms with Crippen molar-refractivity contribution in [1.82, 2.24) is 14.9 Å². The maximum Gasteiger partial charge on any atom is 0.215 e. The second-order valence-corrected chi connectivity index (χ2v) is 8.42. The number of thioether (sulfide) groups is 1. The SMILES string of the molecule is CN=C(NCCS(=O)(=O)N1CCSCC1)NC1CC=CC1. The van der Waals surface area contributed by atoms with E-state index in [-0.39, 0.29) is 5.75 Å². The summed E-state index contributed by atoms with van der Waals surface area (Å²) in [7, 11) is -1.45. The molecule has 2 aliphatic rings. The van der Waals surface area contributed by atoms with E-state index in [2.05, 4.69) is 27.8 Å². The van der Waals surface area contributed by atoms with Crippen LogP contribution in [0.25, 0.3) is 0 Å². The number of guanidine groups is 1. The molecule has 1 saturated heterocycles. The van der Waals surface area contributed by atoms with Gasteiger partial charge in [0.1, 0.15) is 0 Å². The number of aliphatic imine (C=N–C) groups is 1. The zero-order valence-electron chi connectivity index (χ0n) is 12.4. The highest BCUT2D eigenvalue weighted by atomic mass is 32.2. The Morgan fingerprint density at radius 1 is 1.33 bits per heavy atom. The highest BCUT2D eigenvalue weighted by Gasteiger charge is 2.23. The van der Waals surface area contributed by atoms with Gasteiger partial charge in [-0.3, -0.25) is 4.99 Å². The van der Waals surface area contributed by atoms with Crippen molar-refractivity contribution in [3.63, 3.8) is 0 Å². The van der Waals surface area contributed by atoms with Crippen molar-refractivity contribution in [3.8, 4) is 0 Å². The fraction of sp³-hybridized carbons (Fsp3) is 0.769. The van der Waals surface area contributed by atoms with Crippen molar-refractivity contribution < 1.29 is 8.42 Å². The number of nitrogens with zero attached hydrogens (tertiary/aromatic N) is 2. The van der Waals surface area contributed by atoms with Gasteiger partial charge in [-0.2, -0.15) is 11.8 Å². The smallest absolute Gasteiger partial charge is 0.215 e. The molecule has 1 aliphatic carbocycles. The Hall–Kier alpha value is -0.730. The van der Waals surface area contributed by atoms with E-state index in [1.807, 2.05) is 11.8 Å². The lowest BCUT2D eigenvalue weighted by Crippen LogP contribution is -2.46. The molecule has 0 aromatic heterocycles. The molecule has 6 nitrogen and oxygen atoms in total. The van der Waals surface area contributed by atoms with Crippen molar-refractivity contribution in [1.29, 1.82) is 0 Å². The van der Waals surface area contributed by atoms with Crippen LogP contribution in [0.15, 0.2) is 17.1 Å². The summed E-state index contributed by atoms with van der Waals surface area (Å²) in [6.07, 6.45) is 6.27. The normalized spacial score (nSPS) is 21.7. The van der Waals surface area contributed by atoms with Crippen molar-refractivity contribution >= 4 is 27.7 Å². The Morgan fingerprint density at radius 3 is 2.62 bits per heavy atom. The molecule has 120 valence electrons. The fourth-order valence-corrected chi connectivity index (χ4v) is 4.87. The molecule has 1 heterocycles. The van der Waals surface area contributed by atoms with Crippen LogP contribution >= 0.6 is 11.8 Å². The Balaban J connectivity index is 1.73. The summed E-state index contributed by atoms with van der Waals surface area (Å²) in [5.74, 6) is 2.57. The minimum absolute atomic E-state index is 0.112. The number of sulfonamides is 1. The van der Waals surface area contributed by atoms with Gasteiger partial charge in [0.25, 0.3) is 0 Å². The number of rotatable bonds is 5. The lowest BCUT2D eigenvalue weighted by Gasteiger charge is -2.25. The molecule has 0 amide bonds. The number of hydrogen-bond donors (Lipinski definition) is 2. The lowest BCUT2D eigenvalue weighted by atomic mass is 10.2. The van der Waals surface area contributed by atoms with Gasteiger partial charge < -0.3 is 10.6 Å². The first-order chi connectivity index (χ1) is 10.1. The summed E-state index contributed by atoms with van der Waals surface area (Å²) in [6, 6.07) is 0.368. The first kappa shape index (κ1) is 16.6. The average molecular weight is 332 g/mol. The van der Waals surface area contributed by atoms with Gasteiger partial charge in [-0.1, -0.05) is 12.2 Å². The summed E-state index contributed by atoms with van der Waals surface area (Å²) in [5.41, 5.74) is 0. The van der Waals surface area contributed by atoms with Gasteiger partial charge in [0, 0.05) is 44.2 Å². The third-order valence-electron chi connectivity index (χ3n) is 3.59. The molecule has 0 saturated carbocycles. The van der Waals surface area contributed by atoms with Crippen LogP contribution in [0.1, 0.15) is 12.8 Å². The quantitative estimate of drug-likeness (QED) is 0.429. The average Bonchev–Trinajstić information content (AvgIpc) is 3.00. The van der Waals surface area contributed by atoms with Crippen LogP contribution in [0.4, 0.5) is 0 Å². The van der Waals surface area contributed by atoms with Crippen molar-refractivity contribution in [3.05, 3.63) is 12.2 Å². The van der Waals surface area contributed by atoms with E-state index in [1.165, 1.54) is 0 Å². The summed E-state index contributed by atoms with van der Waals surface area (Å²) in [5, 5.41) is 6.39. The molecule has 0 bridgehead atoms. The summed E-state index contributed by atoms with van der Waals surface area (Å²) in [6.45, 7) is 1.65. The highest BCUT2D eigenvalue weighted by molar-refractivity contribution is 7.99. The van der Waals surface area contributed by atoms with Crippen molar-refractivity contribution in [2.45, 2.75) is 18.9 Å². The summed E-state index contributed by atoms with van der Waals surface area (Å²) < 4.78 is 26.0. The molecule has 0 atom stereocenters. The number of hydrogen-bond acceptors (Lipinski definition) is 4. The molecule has 0 aromatic carbocycles. The monoisotopic (exact) mass is 332 g/mol.